The monoisotopic (exact) mass is 151 g/mol. The van der Waals surface area contributed by atoms with E-state index in [-0.39, 0.29) is 0 Å². The van der Waals surface area contributed by atoms with Crippen molar-refractivity contribution in [3.8, 4) is 0 Å². The molecule has 6 heteroatoms. The van der Waals surface area contributed by atoms with Crippen LogP contribution in [-0.2, 0) is 6.54 Å². The lowest BCUT2D eigenvalue weighted by Crippen LogP contribution is -2.19. The Balaban J connectivity index is 2.57. The summed E-state index contributed by atoms with van der Waals surface area (Å²) in [5.74, 6) is 0. The maximum absolute atomic E-state index is 11.5. The summed E-state index contributed by atoms with van der Waals surface area (Å²) in [4.78, 5) is 0.583. The van der Waals surface area contributed by atoms with Crippen molar-refractivity contribution in [2.24, 2.45) is 0 Å². The zero-order chi connectivity index (χ0) is 7.61. The third kappa shape index (κ3) is 2.04. The highest BCUT2D eigenvalue weighted by molar-refractivity contribution is 4.61. The van der Waals surface area contributed by atoms with Crippen LogP contribution in [0.15, 0.2) is 12.4 Å². The zero-order valence-corrected chi connectivity index (χ0v) is 4.84. The van der Waals surface area contributed by atoms with Crippen LogP contribution >= 0.6 is 0 Å². The molecule has 0 bridgehead atoms. The quantitative estimate of drug-likeness (QED) is 0.595. The number of rotatable bonds is 1. The second-order valence-electron chi connectivity index (χ2n) is 1.67. The Kier molecular flexibility index (Phi) is 1.60. The number of hydrogen-bond acceptors (Lipinski definition) is 2. The molecule has 0 aliphatic carbocycles. The molecule has 1 heterocycles. The average molecular weight is 151 g/mol. The SMILES string of the molecule is FC(F)(F)Cn1nccn1. The highest BCUT2D eigenvalue weighted by Gasteiger charge is 2.28. The number of alkyl halides is 3. The second-order valence-corrected chi connectivity index (χ2v) is 1.67. The van der Waals surface area contributed by atoms with Crippen molar-refractivity contribution in [2.45, 2.75) is 12.7 Å². The van der Waals surface area contributed by atoms with Crippen LogP contribution in [0.5, 0.6) is 0 Å². The molecule has 56 valence electrons. The van der Waals surface area contributed by atoms with Crippen molar-refractivity contribution in [3.05, 3.63) is 12.4 Å². The molecule has 0 radical (unpaired) electrons. The molecule has 1 aromatic rings. The van der Waals surface area contributed by atoms with Crippen molar-refractivity contribution in [3.63, 3.8) is 0 Å². The van der Waals surface area contributed by atoms with Crippen LogP contribution in [0.1, 0.15) is 0 Å². The van der Waals surface area contributed by atoms with Gasteiger partial charge >= 0.3 is 6.18 Å². The van der Waals surface area contributed by atoms with E-state index < -0.39 is 12.7 Å². The predicted octanol–water partition coefficient (Wildman–Crippen LogP) is 0.840. The van der Waals surface area contributed by atoms with E-state index in [0.717, 1.165) is 0 Å². The first-order valence-corrected chi connectivity index (χ1v) is 2.49. The lowest BCUT2D eigenvalue weighted by molar-refractivity contribution is -0.144. The maximum Gasteiger partial charge on any atom is 0.409 e. The van der Waals surface area contributed by atoms with Crippen LogP contribution in [0.25, 0.3) is 0 Å². The van der Waals surface area contributed by atoms with E-state index in [1.165, 1.54) is 12.4 Å². The minimum Gasteiger partial charge on any atom is -0.176 e. The van der Waals surface area contributed by atoms with E-state index in [4.69, 9.17) is 0 Å². The van der Waals surface area contributed by atoms with Gasteiger partial charge in [0.25, 0.3) is 0 Å². The minimum absolute atomic E-state index is 0.583. The molecule has 0 N–H and O–H groups in total. The van der Waals surface area contributed by atoms with Crippen LogP contribution < -0.4 is 0 Å². The normalized spacial score (nSPS) is 11.9. The Morgan fingerprint density at radius 2 is 1.70 bits per heavy atom. The topological polar surface area (TPSA) is 30.7 Å². The number of aromatic nitrogens is 3. The molecule has 0 aliphatic heterocycles. The molecule has 0 fully saturated rings. The van der Waals surface area contributed by atoms with Crippen LogP contribution in [0, 0.1) is 0 Å². The van der Waals surface area contributed by atoms with Crippen LogP contribution in [-0.4, -0.2) is 21.2 Å². The highest BCUT2D eigenvalue weighted by atomic mass is 19.4. The molecule has 0 aliphatic rings. The Bertz CT molecular complexity index is 190. The summed E-state index contributed by atoms with van der Waals surface area (Å²) < 4.78 is 34.6. The Hall–Kier alpha value is -1.07. The molecule has 0 atom stereocenters. The third-order valence-electron chi connectivity index (χ3n) is 0.787. The van der Waals surface area contributed by atoms with E-state index >= 15 is 0 Å². The van der Waals surface area contributed by atoms with Gasteiger partial charge in [-0.15, -0.1) is 0 Å². The van der Waals surface area contributed by atoms with E-state index in [9.17, 15) is 13.2 Å². The molecule has 1 rings (SSSR count). The fraction of sp³-hybridized carbons (Fsp3) is 0.500. The van der Waals surface area contributed by atoms with Crippen molar-refractivity contribution >= 4 is 0 Å². The van der Waals surface area contributed by atoms with Crippen LogP contribution in [0.2, 0.25) is 0 Å². The van der Waals surface area contributed by atoms with Gasteiger partial charge in [-0.25, -0.2) is 0 Å². The van der Waals surface area contributed by atoms with E-state index in [2.05, 4.69) is 10.2 Å². The zero-order valence-electron chi connectivity index (χ0n) is 4.84. The third-order valence-corrected chi connectivity index (χ3v) is 0.787. The summed E-state index contributed by atoms with van der Waals surface area (Å²) in [6, 6.07) is 0. The van der Waals surface area contributed by atoms with Crippen molar-refractivity contribution in [1.29, 1.82) is 0 Å². The van der Waals surface area contributed by atoms with Gasteiger partial charge in [-0.2, -0.15) is 28.2 Å². The fourth-order valence-electron chi connectivity index (χ4n) is 0.485. The number of halogens is 3. The van der Waals surface area contributed by atoms with Gasteiger partial charge in [0, 0.05) is 0 Å². The Morgan fingerprint density at radius 1 is 1.20 bits per heavy atom. The molecule has 0 saturated carbocycles. The summed E-state index contributed by atoms with van der Waals surface area (Å²) in [6.07, 6.45) is -1.84. The average Bonchev–Trinajstić information content (AvgIpc) is 2.12. The lowest BCUT2D eigenvalue weighted by atomic mass is 10.7. The van der Waals surface area contributed by atoms with Gasteiger partial charge in [-0.05, 0) is 0 Å². The Labute approximate surface area is 54.5 Å². The molecule has 0 aromatic carbocycles. The first kappa shape index (κ1) is 7.04. The van der Waals surface area contributed by atoms with Gasteiger partial charge in [0.1, 0.15) is 0 Å². The predicted molar refractivity (Wildman–Crippen MR) is 26.1 cm³/mol. The van der Waals surface area contributed by atoms with Gasteiger partial charge in [0.2, 0.25) is 0 Å². The summed E-state index contributed by atoms with van der Waals surface area (Å²) in [5.41, 5.74) is 0. The second kappa shape index (κ2) is 2.28. The first-order valence-electron chi connectivity index (χ1n) is 2.49. The van der Waals surface area contributed by atoms with Gasteiger partial charge in [-0.1, -0.05) is 0 Å². The summed E-state index contributed by atoms with van der Waals surface area (Å²) >= 11 is 0. The van der Waals surface area contributed by atoms with Crippen LogP contribution in [0.3, 0.4) is 0 Å². The van der Waals surface area contributed by atoms with Crippen molar-refractivity contribution < 1.29 is 13.2 Å². The molecule has 0 amide bonds. The van der Waals surface area contributed by atoms with Crippen molar-refractivity contribution in [2.75, 3.05) is 0 Å². The summed E-state index contributed by atoms with van der Waals surface area (Å²) in [6.45, 7) is -1.12. The van der Waals surface area contributed by atoms with Crippen molar-refractivity contribution in [1.82, 2.24) is 15.0 Å². The molecule has 0 unspecified atom stereocenters. The number of hydrogen-bond donors (Lipinski definition) is 0. The molecule has 0 saturated heterocycles. The van der Waals surface area contributed by atoms with Gasteiger partial charge in [0.05, 0.1) is 12.4 Å². The van der Waals surface area contributed by atoms with Crippen LogP contribution in [0.4, 0.5) is 13.2 Å². The van der Waals surface area contributed by atoms with Gasteiger partial charge in [-0.3, -0.25) is 0 Å². The smallest absolute Gasteiger partial charge is 0.176 e. The summed E-state index contributed by atoms with van der Waals surface area (Å²) in [5, 5.41) is 6.57. The number of nitrogens with zero attached hydrogens (tertiary/aromatic N) is 3. The minimum atomic E-state index is -4.24. The van der Waals surface area contributed by atoms with E-state index in [1.54, 1.807) is 0 Å². The molecule has 3 nitrogen and oxygen atoms in total. The molecule has 0 spiro atoms. The van der Waals surface area contributed by atoms with Gasteiger partial charge < -0.3 is 0 Å². The molecule has 10 heavy (non-hydrogen) atoms. The standard InChI is InChI=1S/C4H4F3N3/c5-4(6,7)3-10-8-1-2-9-10/h1-2H,3H2. The lowest BCUT2D eigenvalue weighted by Gasteiger charge is -2.03. The first-order chi connectivity index (χ1) is 4.58. The fourth-order valence-corrected chi connectivity index (χ4v) is 0.485. The maximum atomic E-state index is 11.5. The van der Waals surface area contributed by atoms with E-state index in [1.807, 2.05) is 0 Å². The highest BCUT2D eigenvalue weighted by Crippen LogP contribution is 2.15. The van der Waals surface area contributed by atoms with Gasteiger partial charge in [0.15, 0.2) is 6.54 Å². The molecular formula is C4H4F3N3. The molecule has 1 aromatic heterocycles. The molecular weight excluding hydrogens is 147 g/mol. The summed E-state index contributed by atoms with van der Waals surface area (Å²) in [7, 11) is 0. The Morgan fingerprint density at radius 3 is 2.10 bits per heavy atom. The van der Waals surface area contributed by atoms with E-state index in [0.29, 0.717) is 4.80 Å². The largest absolute Gasteiger partial charge is 0.409 e.